The normalized spacial score (nSPS) is 9.27. The fourth-order valence-electron chi connectivity index (χ4n) is 0.700. The summed E-state index contributed by atoms with van der Waals surface area (Å²) in [6, 6.07) is 1.54. The maximum absolute atomic E-state index is 12.7. The van der Waals surface area contributed by atoms with Crippen LogP contribution in [0, 0.1) is 5.95 Å². The van der Waals surface area contributed by atoms with E-state index in [2.05, 4.69) is 11.6 Å². The summed E-state index contributed by atoms with van der Waals surface area (Å²) < 4.78 is 17.5. The lowest BCUT2D eigenvalue weighted by molar-refractivity contribution is 0.410. The van der Waals surface area contributed by atoms with Crippen LogP contribution in [-0.2, 0) is 0 Å². The fourth-order valence-corrected chi connectivity index (χ4v) is 0.700. The van der Waals surface area contributed by atoms with E-state index in [0.717, 1.165) is 0 Å². The van der Waals surface area contributed by atoms with Crippen molar-refractivity contribution in [3.8, 4) is 5.75 Å². The predicted molar refractivity (Wildman–Crippen MR) is 40.8 cm³/mol. The van der Waals surface area contributed by atoms with Gasteiger partial charge >= 0.3 is 0 Å². The van der Waals surface area contributed by atoms with Gasteiger partial charge in [0.25, 0.3) is 0 Å². The van der Waals surface area contributed by atoms with E-state index in [1.54, 1.807) is 0 Å². The second-order valence-electron chi connectivity index (χ2n) is 1.96. The second-order valence-corrected chi connectivity index (χ2v) is 1.96. The molecule has 0 atom stereocenters. The molecule has 58 valence electrons. The van der Waals surface area contributed by atoms with Gasteiger partial charge in [-0.3, -0.25) is 0 Å². The number of rotatable bonds is 2. The van der Waals surface area contributed by atoms with Crippen LogP contribution in [0.5, 0.6) is 5.75 Å². The topological polar surface area (TPSA) is 22.1 Å². The molecule has 0 N–H and O–H groups in total. The Kier molecular flexibility index (Phi) is 2.21. The molecule has 0 aliphatic rings. The van der Waals surface area contributed by atoms with Gasteiger partial charge in [-0.1, -0.05) is 12.7 Å². The quantitative estimate of drug-likeness (QED) is 0.605. The minimum absolute atomic E-state index is 0.351. The highest BCUT2D eigenvalue weighted by Gasteiger charge is 2.00. The van der Waals surface area contributed by atoms with E-state index in [1.165, 1.54) is 25.4 Å². The van der Waals surface area contributed by atoms with Gasteiger partial charge in [-0.05, 0) is 6.07 Å². The van der Waals surface area contributed by atoms with Crippen LogP contribution in [0.1, 0.15) is 5.56 Å². The van der Waals surface area contributed by atoms with Crippen molar-refractivity contribution in [2.45, 2.75) is 0 Å². The summed E-state index contributed by atoms with van der Waals surface area (Å²) in [5.74, 6) is 0.00194. The molecule has 2 nitrogen and oxygen atoms in total. The number of aromatic nitrogens is 1. The van der Waals surface area contributed by atoms with Crippen molar-refractivity contribution in [1.82, 2.24) is 4.98 Å². The third-order valence-electron chi connectivity index (χ3n) is 1.30. The molecule has 1 heterocycles. The smallest absolute Gasteiger partial charge is 0.220 e. The number of ether oxygens (including phenoxy) is 1. The molecule has 0 radical (unpaired) electrons. The van der Waals surface area contributed by atoms with Crippen LogP contribution < -0.4 is 4.74 Å². The number of methoxy groups -OCH3 is 1. The van der Waals surface area contributed by atoms with Crippen LogP contribution in [-0.4, -0.2) is 12.1 Å². The summed E-state index contributed by atoms with van der Waals surface area (Å²) in [4.78, 5) is 3.46. The molecule has 0 amide bonds. The first-order chi connectivity index (χ1) is 5.27. The number of hydrogen-bond acceptors (Lipinski definition) is 2. The van der Waals surface area contributed by atoms with E-state index in [-0.39, 0.29) is 0 Å². The number of halogens is 1. The summed E-state index contributed by atoms with van der Waals surface area (Å²) in [6.45, 7) is 3.43. The van der Waals surface area contributed by atoms with Gasteiger partial charge in [-0.15, -0.1) is 0 Å². The van der Waals surface area contributed by atoms with Crippen molar-refractivity contribution in [2.24, 2.45) is 0 Å². The van der Waals surface area contributed by atoms with E-state index in [1.807, 2.05) is 0 Å². The molecule has 0 fully saturated rings. The molecule has 0 aliphatic heterocycles. The minimum Gasteiger partial charge on any atom is -0.495 e. The molecule has 0 bridgehead atoms. The Morgan fingerprint density at radius 1 is 1.73 bits per heavy atom. The van der Waals surface area contributed by atoms with Crippen LogP contribution >= 0.6 is 0 Å². The molecule has 0 unspecified atom stereocenters. The fraction of sp³-hybridized carbons (Fsp3) is 0.125. The molecule has 3 heteroatoms. The van der Waals surface area contributed by atoms with E-state index in [9.17, 15) is 4.39 Å². The molecule has 11 heavy (non-hydrogen) atoms. The van der Waals surface area contributed by atoms with Crippen molar-refractivity contribution >= 4 is 6.08 Å². The van der Waals surface area contributed by atoms with Gasteiger partial charge < -0.3 is 4.74 Å². The molecule has 1 aromatic heterocycles. The minimum atomic E-state index is -0.527. The number of nitrogens with zero attached hydrogens (tertiary/aromatic N) is 1. The van der Waals surface area contributed by atoms with Gasteiger partial charge in [0, 0.05) is 5.56 Å². The van der Waals surface area contributed by atoms with Gasteiger partial charge in [0.05, 0.1) is 13.3 Å². The van der Waals surface area contributed by atoms with Crippen LogP contribution in [0.4, 0.5) is 4.39 Å². The summed E-state index contributed by atoms with van der Waals surface area (Å²) >= 11 is 0. The van der Waals surface area contributed by atoms with Crippen molar-refractivity contribution in [3.63, 3.8) is 0 Å². The molecular formula is C8H8FNO. The zero-order valence-electron chi connectivity index (χ0n) is 6.17. The molecular weight excluding hydrogens is 145 g/mol. The summed E-state index contributed by atoms with van der Waals surface area (Å²) in [7, 11) is 1.50. The molecule has 0 saturated heterocycles. The van der Waals surface area contributed by atoms with Crippen LogP contribution in [0.2, 0.25) is 0 Å². The zero-order valence-corrected chi connectivity index (χ0v) is 6.17. The molecule has 1 aromatic rings. The van der Waals surface area contributed by atoms with Gasteiger partial charge in [0.2, 0.25) is 5.95 Å². The lowest BCUT2D eigenvalue weighted by Crippen LogP contribution is -1.90. The molecule has 0 spiro atoms. The monoisotopic (exact) mass is 153 g/mol. The number of hydrogen-bond donors (Lipinski definition) is 0. The first kappa shape index (κ1) is 7.72. The average molecular weight is 153 g/mol. The lowest BCUT2D eigenvalue weighted by Gasteiger charge is -1.99. The molecule has 1 rings (SSSR count). The Morgan fingerprint density at radius 2 is 2.45 bits per heavy atom. The largest absolute Gasteiger partial charge is 0.495 e. The Labute approximate surface area is 64.3 Å². The standard InChI is InChI=1S/C8H8FNO/c1-3-6-4-7(11-2)5-10-8(6)9/h3-5H,1H2,2H3. The van der Waals surface area contributed by atoms with Crippen LogP contribution in [0.3, 0.4) is 0 Å². The first-order valence-corrected chi connectivity index (χ1v) is 3.10. The molecule has 0 aliphatic carbocycles. The second kappa shape index (κ2) is 3.14. The number of pyridine rings is 1. The van der Waals surface area contributed by atoms with Crippen molar-refractivity contribution < 1.29 is 9.13 Å². The van der Waals surface area contributed by atoms with Gasteiger partial charge in [0.1, 0.15) is 5.75 Å². The predicted octanol–water partition coefficient (Wildman–Crippen LogP) is 1.87. The van der Waals surface area contributed by atoms with Crippen molar-refractivity contribution in [3.05, 3.63) is 30.4 Å². The van der Waals surface area contributed by atoms with Gasteiger partial charge in [0.15, 0.2) is 0 Å². The Bertz CT molecular complexity index is 273. The SMILES string of the molecule is C=Cc1cc(OC)cnc1F. The van der Waals surface area contributed by atoms with Crippen molar-refractivity contribution in [1.29, 1.82) is 0 Å². The highest BCUT2D eigenvalue weighted by Crippen LogP contribution is 2.13. The first-order valence-electron chi connectivity index (χ1n) is 3.10. The Hall–Kier alpha value is -1.38. The maximum Gasteiger partial charge on any atom is 0.220 e. The summed E-state index contributed by atoms with van der Waals surface area (Å²) in [5, 5.41) is 0. The third kappa shape index (κ3) is 1.55. The van der Waals surface area contributed by atoms with E-state index in [0.29, 0.717) is 11.3 Å². The van der Waals surface area contributed by atoms with E-state index < -0.39 is 5.95 Å². The zero-order chi connectivity index (χ0) is 8.27. The summed E-state index contributed by atoms with van der Waals surface area (Å²) in [6.07, 6.45) is 2.72. The van der Waals surface area contributed by atoms with E-state index >= 15 is 0 Å². The molecule has 0 saturated carbocycles. The van der Waals surface area contributed by atoms with Gasteiger partial charge in [-0.25, -0.2) is 4.98 Å². The van der Waals surface area contributed by atoms with Crippen LogP contribution in [0.25, 0.3) is 6.08 Å². The maximum atomic E-state index is 12.7. The van der Waals surface area contributed by atoms with Gasteiger partial charge in [-0.2, -0.15) is 4.39 Å². The lowest BCUT2D eigenvalue weighted by atomic mass is 10.3. The highest BCUT2D eigenvalue weighted by atomic mass is 19.1. The van der Waals surface area contributed by atoms with Crippen LogP contribution in [0.15, 0.2) is 18.8 Å². The Balaban J connectivity index is 3.12. The average Bonchev–Trinajstić information content (AvgIpc) is 2.05. The van der Waals surface area contributed by atoms with E-state index in [4.69, 9.17) is 4.74 Å². The highest BCUT2D eigenvalue weighted by molar-refractivity contribution is 5.48. The third-order valence-corrected chi connectivity index (χ3v) is 1.30. The summed E-state index contributed by atoms with van der Waals surface area (Å²) in [5.41, 5.74) is 0.351. The molecule has 0 aromatic carbocycles. The van der Waals surface area contributed by atoms with Crippen molar-refractivity contribution in [2.75, 3.05) is 7.11 Å². The Morgan fingerprint density at radius 3 is 3.00 bits per heavy atom.